The number of rotatable bonds is 9. The number of nitrogens with zero attached hydrogens (tertiary/aromatic N) is 1. The molecule has 0 saturated heterocycles. The van der Waals surface area contributed by atoms with Crippen LogP contribution < -0.4 is 10.0 Å². The number of amides is 1. The molecule has 0 bridgehead atoms. The van der Waals surface area contributed by atoms with Gasteiger partial charge >= 0.3 is 5.97 Å². The first-order chi connectivity index (χ1) is 14.5. The summed E-state index contributed by atoms with van der Waals surface area (Å²) in [5.74, 6) is -2.12. The first-order valence-electron chi connectivity index (χ1n) is 8.80. The molecule has 11 nitrogen and oxygen atoms in total. The fourth-order valence-corrected chi connectivity index (χ4v) is 3.02. The minimum absolute atomic E-state index is 0.00563. The smallest absolute Gasteiger partial charge is 0.326 e. The van der Waals surface area contributed by atoms with E-state index < -0.39 is 45.3 Å². The average Bonchev–Trinajstić information content (AvgIpc) is 2.70. The van der Waals surface area contributed by atoms with Crippen molar-refractivity contribution in [1.82, 2.24) is 5.32 Å². The summed E-state index contributed by atoms with van der Waals surface area (Å²) in [5.41, 5.74) is 0.189. The average molecular weight is 449 g/mol. The lowest BCUT2D eigenvalue weighted by Gasteiger charge is -2.13. The highest BCUT2D eigenvalue weighted by molar-refractivity contribution is 7.92. The number of anilines is 1. The van der Waals surface area contributed by atoms with Gasteiger partial charge in [-0.2, -0.15) is 0 Å². The Morgan fingerprint density at radius 3 is 2.32 bits per heavy atom. The van der Waals surface area contributed by atoms with Crippen LogP contribution in [0, 0.1) is 10.1 Å². The third-order valence-corrected chi connectivity index (χ3v) is 4.47. The van der Waals surface area contributed by atoms with E-state index in [1.807, 2.05) is 0 Å². The molecule has 2 N–H and O–H groups in total. The van der Waals surface area contributed by atoms with Gasteiger partial charge in [-0.25, -0.2) is 8.42 Å². The Kier molecular flexibility index (Phi) is 7.42. The Morgan fingerprint density at radius 1 is 1.10 bits per heavy atom. The van der Waals surface area contributed by atoms with E-state index in [9.17, 15) is 32.9 Å². The van der Waals surface area contributed by atoms with Crippen molar-refractivity contribution in [3.63, 3.8) is 0 Å². The number of hydrogen-bond donors (Lipinski definition) is 2. The van der Waals surface area contributed by atoms with Crippen LogP contribution in [0.5, 0.6) is 0 Å². The third kappa shape index (κ3) is 7.19. The summed E-state index contributed by atoms with van der Waals surface area (Å²) in [7, 11) is -3.45. The summed E-state index contributed by atoms with van der Waals surface area (Å²) in [5, 5.41) is 13.0. The van der Waals surface area contributed by atoms with Gasteiger partial charge in [0, 0.05) is 28.9 Å². The van der Waals surface area contributed by atoms with Crippen LogP contribution in [0.25, 0.3) is 0 Å². The number of non-ortho nitro benzene ring substituents is 1. The van der Waals surface area contributed by atoms with Crippen molar-refractivity contribution in [3.05, 3.63) is 69.8 Å². The maximum absolute atomic E-state index is 12.4. The number of ether oxygens (including phenoxy) is 1. The van der Waals surface area contributed by atoms with Gasteiger partial charge in [0.05, 0.1) is 11.2 Å². The van der Waals surface area contributed by atoms with E-state index in [1.54, 1.807) is 0 Å². The van der Waals surface area contributed by atoms with Crippen LogP contribution in [-0.4, -0.2) is 49.9 Å². The van der Waals surface area contributed by atoms with Crippen molar-refractivity contribution < 1.29 is 32.5 Å². The number of nitrogens with one attached hydrogen (secondary N) is 2. The van der Waals surface area contributed by atoms with Gasteiger partial charge in [-0.15, -0.1) is 0 Å². The molecule has 31 heavy (non-hydrogen) atoms. The summed E-state index contributed by atoms with van der Waals surface area (Å²) in [6, 6.07) is 10.5. The maximum Gasteiger partial charge on any atom is 0.326 e. The molecule has 0 fully saturated rings. The summed E-state index contributed by atoms with van der Waals surface area (Å²) in [4.78, 5) is 46.5. The molecule has 2 aromatic carbocycles. The van der Waals surface area contributed by atoms with E-state index in [0.29, 0.717) is 0 Å². The van der Waals surface area contributed by atoms with Gasteiger partial charge < -0.3 is 10.1 Å². The lowest BCUT2D eigenvalue weighted by atomic mass is 10.1. The quantitative estimate of drug-likeness (QED) is 0.252. The molecule has 1 unspecified atom stereocenters. The summed E-state index contributed by atoms with van der Waals surface area (Å²) in [6.45, 7) is 0.807. The molecular formula is C19H19N3O8S. The molecule has 0 saturated carbocycles. The summed E-state index contributed by atoms with van der Waals surface area (Å²) >= 11 is 0. The number of ketones is 1. The second-order valence-electron chi connectivity index (χ2n) is 6.44. The highest BCUT2D eigenvalue weighted by atomic mass is 32.2. The monoisotopic (exact) mass is 449 g/mol. The first kappa shape index (κ1) is 23.5. The number of carbonyl (C=O) groups is 3. The molecule has 2 aromatic rings. The van der Waals surface area contributed by atoms with Gasteiger partial charge in [-0.1, -0.05) is 6.07 Å². The molecule has 0 aliphatic carbocycles. The van der Waals surface area contributed by atoms with Gasteiger partial charge in [0.1, 0.15) is 6.54 Å². The number of Topliss-reactive ketones (excluding diaryl/α,β-unsaturated/α-hetero) is 1. The largest absolute Gasteiger partial charge is 0.453 e. The highest BCUT2D eigenvalue weighted by Gasteiger charge is 2.20. The van der Waals surface area contributed by atoms with Crippen molar-refractivity contribution in [1.29, 1.82) is 0 Å². The Labute approximate surface area is 177 Å². The fourth-order valence-electron chi connectivity index (χ4n) is 2.46. The topological polar surface area (TPSA) is 162 Å². The molecule has 0 aromatic heterocycles. The van der Waals surface area contributed by atoms with E-state index in [-0.39, 0.29) is 22.5 Å². The number of nitro benzene ring substituents is 1. The maximum atomic E-state index is 12.4. The standard InChI is InChI=1S/C19H19N3O8S/c1-12(18(24)13-6-8-15(9-7-13)21-31(2,28)29)30-17(23)11-20-19(25)14-4-3-5-16(10-14)22(26)27/h3-10,12,21H,11H2,1-2H3,(H,20,25). The lowest BCUT2D eigenvalue weighted by molar-refractivity contribution is -0.384. The van der Waals surface area contributed by atoms with E-state index in [2.05, 4.69) is 10.0 Å². The molecule has 2 rings (SSSR count). The number of sulfonamides is 1. The predicted molar refractivity (Wildman–Crippen MR) is 110 cm³/mol. The van der Waals surface area contributed by atoms with Crippen LogP contribution in [0.3, 0.4) is 0 Å². The molecule has 0 radical (unpaired) electrons. The highest BCUT2D eigenvalue weighted by Crippen LogP contribution is 2.14. The molecule has 164 valence electrons. The normalized spacial score (nSPS) is 11.8. The minimum Gasteiger partial charge on any atom is -0.453 e. The van der Waals surface area contributed by atoms with Crippen LogP contribution in [0.15, 0.2) is 48.5 Å². The number of hydrogen-bond acceptors (Lipinski definition) is 8. The van der Waals surface area contributed by atoms with Crippen molar-refractivity contribution in [2.45, 2.75) is 13.0 Å². The fraction of sp³-hybridized carbons (Fsp3) is 0.211. The molecule has 0 aliphatic rings. The van der Waals surface area contributed by atoms with Gasteiger partial charge in [0.25, 0.3) is 11.6 Å². The number of benzene rings is 2. The van der Waals surface area contributed by atoms with E-state index in [1.165, 1.54) is 49.4 Å². The van der Waals surface area contributed by atoms with E-state index >= 15 is 0 Å². The first-order valence-corrected chi connectivity index (χ1v) is 10.7. The van der Waals surface area contributed by atoms with Gasteiger partial charge in [0.2, 0.25) is 15.8 Å². The molecule has 0 aliphatic heterocycles. The van der Waals surface area contributed by atoms with Gasteiger partial charge in [-0.3, -0.25) is 29.2 Å². The zero-order chi connectivity index (χ0) is 23.2. The second kappa shape index (κ2) is 9.80. The summed E-state index contributed by atoms with van der Waals surface area (Å²) < 4.78 is 29.7. The predicted octanol–water partition coefficient (Wildman–Crippen LogP) is 1.51. The second-order valence-corrected chi connectivity index (χ2v) is 8.19. The van der Waals surface area contributed by atoms with Gasteiger partial charge in [-0.05, 0) is 37.3 Å². The molecule has 0 heterocycles. The number of nitro groups is 1. The van der Waals surface area contributed by atoms with E-state index in [4.69, 9.17) is 4.74 Å². The van der Waals surface area contributed by atoms with Gasteiger partial charge in [0.15, 0.2) is 6.10 Å². The minimum atomic E-state index is -3.45. The van der Waals surface area contributed by atoms with E-state index in [0.717, 1.165) is 12.3 Å². The summed E-state index contributed by atoms with van der Waals surface area (Å²) in [6.07, 6.45) is -0.165. The lowest BCUT2D eigenvalue weighted by Crippen LogP contribution is -2.34. The Hall–Kier alpha value is -3.80. The Morgan fingerprint density at radius 2 is 1.74 bits per heavy atom. The third-order valence-electron chi connectivity index (χ3n) is 3.86. The van der Waals surface area contributed by atoms with Crippen LogP contribution in [0.2, 0.25) is 0 Å². The molecule has 0 spiro atoms. The molecular weight excluding hydrogens is 430 g/mol. The Balaban J connectivity index is 1.90. The van der Waals surface area contributed by atoms with Crippen molar-refractivity contribution in [2.24, 2.45) is 0 Å². The van der Waals surface area contributed by atoms with Crippen LogP contribution in [0.4, 0.5) is 11.4 Å². The van der Waals surface area contributed by atoms with Crippen LogP contribution >= 0.6 is 0 Å². The van der Waals surface area contributed by atoms with Crippen molar-refractivity contribution in [3.8, 4) is 0 Å². The zero-order valence-corrected chi connectivity index (χ0v) is 17.3. The van der Waals surface area contributed by atoms with Crippen LogP contribution in [0.1, 0.15) is 27.6 Å². The zero-order valence-electron chi connectivity index (χ0n) is 16.5. The SMILES string of the molecule is CC(OC(=O)CNC(=O)c1cccc([N+](=O)[O-])c1)C(=O)c1ccc(NS(C)(=O)=O)cc1. The van der Waals surface area contributed by atoms with Crippen molar-refractivity contribution in [2.75, 3.05) is 17.5 Å². The van der Waals surface area contributed by atoms with Crippen molar-refractivity contribution >= 4 is 39.1 Å². The number of carbonyl (C=O) groups excluding carboxylic acids is 3. The number of esters is 1. The Bertz CT molecular complexity index is 1110. The molecule has 12 heteroatoms. The molecule has 1 atom stereocenters. The molecule has 1 amide bonds. The van der Waals surface area contributed by atoms with Crippen LogP contribution in [-0.2, 0) is 19.6 Å².